The number of benzene rings is 4. The molecule has 0 fully saturated rings. The molecule has 0 unspecified atom stereocenters. The van der Waals surface area contributed by atoms with Gasteiger partial charge in [0, 0.05) is 0 Å². The van der Waals surface area contributed by atoms with Crippen LogP contribution in [0.3, 0.4) is 0 Å². The van der Waals surface area contributed by atoms with Gasteiger partial charge in [-0.25, -0.2) is 0 Å². The molecule has 4 aromatic rings. The molecule has 5 rings (SSSR count). The van der Waals surface area contributed by atoms with Crippen molar-refractivity contribution in [3.63, 3.8) is 0 Å². The Morgan fingerprint density at radius 2 is 1.57 bits per heavy atom. The van der Waals surface area contributed by atoms with Gasteiger partial charge in [0.2, 0.25) is 0 Å². The maximum Gasteiger partial charge on any atom is 0.339 e. The Labute approximate surface area is 164 Å². The van der Waals surface area contributed by atoms with Crippen molar-refractivity contribution in [2.75, 3.05) is 0 Å². The molecule has 3 nitrogen and oxygen atoms in total. The average molecular weight is 386 g/mol. The van der Waals surface area contributed by atoms with Crippen molar-refractivity contribution in [2.45, 2.75) is 18.2 Å². The summed E-state index contributed by atoms with van der Waals surface area (Å²) in [5.41, 5.74) is 3.62. The lowest BCUT2D eigenvalue weighted by Crippen LogP contribution is -2.09. The van der Waals surface area contributed by atoms with Crippen LogP contribution in [-0.2, 0) is 16.5 Å². The molecule has 0 atom stereocenters. The molecule has 0 aliphatic heterocycles. The van der Waals surface area contributed by atoms with E-state index in [-0.39, 0.29) is 4.90 Å². The maximum atomic E-state index is 12.6. The molecule has 4 heteroatoms. The summed E-state index contributed by atoms with van der Waals surface area (Å²) in [5, 5.41) is 4.46. The van der Waals surface area contributed by atoms with Crippen LogP contribution in [0.25, 0.3) is 27.6 Å². The van der Waals surface area contributed by atoms with E-state index in [1.165, 1.54) is 21.9 Å². The van der Waals surface area contributed by atoms with Gasteiger partial charge in [-0.05, 0) is 70.3 Å². The van der Waals surface area contributed by atoms with Crippen LogP contribution in [0.2, 0.25) is 0 Å². The highest BCUT2D eigenvalue weighted by Gasteiger charge is 2.17. The highest BCUT2D eigenvalue weighted by atomic mass is 32.2. The Balaban J connectivity index is 1.56. The van der Waals surface area contributed by atoms with E-state index < -0.39 is 10.1 Å². The van der Waals surface area contributed by atoms with Crippen LogP contribution in [-0.4, -0.2) is 8.42 Å². The highest BCUT2D eigenvalue weighted by Crippen LogP contribution is 2.34. The summed E-state index contributed by atoms with van der Waals surface area (Å²) < 4.78 is 30.5. The number of allylic oxidation sites excluding steroid dienone is 1. The molecule has 0 saturated carbocycles. The van der Waals surface area contributed by atoms with Gasteiger partial charge < -0.3 is 4.18 Å². The van der Waals surface area contributed by atoms with E-state index in [2.05, 4.69) is 30.4 Å². The molecule has 0 amide bonds. The molecule has 0 aromatic heterocycles. The SMILES string of the molecule is Cc1ccc(S(=O)(=O)Oc2ccc3c(ccc4c5c(ccc43)C=CC5)c2)cc1. The number of hydrogen-bond acceptors (Lipinski definition) is 3. The average Bonchev–Trinajstić information content (AvgIpc) is 3.16. The summed E-state index contributed by atoms with van der Waals surface area (Å²) in [6.45, 7) is 1.91. The van der Waals surface area contributed by atoms with Crippen molar-refractivity contribution in [1.29, 1.82) is 0 Å². The molecule has 4 aromatic carbocycles. The van der Waals surface area contributed by atoms with Gasteiger partial charge in [0.25, 0.3) is 0 Å². The van der Waals surface area contributed by atoms with Crippen molar-refractivity contribution >= 4 is 37.7 Å². The van der Waals surface area contributed by atoms with E-state index in [0.29, 0.717) is 5.75 Å². The molecule has 0 heterocycles. The second kappa shape index (κ2) is 6.21. The molecule has 138 valence electrons. The van der Waals surface area contributed by atoms with Crippen molar-refractivity contribution in [2.24, 2.45) is 0 Å². The van der Waals surface area contributed by atoms with E-state index in [1.807, 2.05) is 19.1 Å². The lowest BCUT2D eigenvalue weighted by atomic mass is 9.96. The van der Waals surface area contributed by atoms with Crippen LogP contribution < -0.4 is 4.18 Å². The van der Waals surface area contributed by atoms with Gasteiger partial charge in [-0.2, -0.15) is 8.42 Å². The highest BCUT2D eigenvalue weighted by molar-refractivity contribution is 7.87. The zero-order valence-corrected chi connectivity index (χ0v) is 16.2. The van der Waals surface area contributed by atoms with Crippen molar-refractivity contribution in [1.82, 2.24) is 0 Å². The molecule has 0 N–H and O–H groups in total. The molecule has 1 aliphatic carbocycles. The summed E-state index contributed by atoms with van der Waals surface area (Å²) in [7, 11) is -3.86. The van der Waals surface area contributed by atoms with Gasteiger partial charge in [-0.1, -0.05) is 60.2 Å². The largest absolute Gasteiger partial charge is 0.379 e. The first kappa shape index (κ1) is 17.0. The third-order valence-electron chi connectivity index (χ3n) is 5.27. The van der Waals surface area contributed by atoms with E-state index >= 15 is 0 Å². The van der Waals surface area contributed by atoms with Crippen molar-refractivity contribution < 1.29 is 12.6 Å². The summed E-state index contributed by atoms with van der Waals surface area (Å²) in [6, 6.07) is 20.5. The van der Waals surface area contributed by atoms with Crippen LogP contribution in [0.1, 0.15) is 16.7 Å². The fourth-order valence-electron chi connectivity index (χ4n) is 3.82. The summed E-state index contributed by atoms with van der Waals surface area (Å²) in [5.74, 6) is 0.315. The first-order valence-electron chi connectivity index (χ1n) is 9.17. The van der Waals surface area contributed by atoms with Crippen LogP contribution in [0.15, 0.2) is 77.7 Å². The fourth-order valence-corrected chi connectivity index (χ4v) is 4.75. The van der Waals surface area contributed by atoms with Crippen molar-refractivity contribution in [3.8, 4) is 5.75 Å². The Bertz CT molecular complexity index is 1360. The fraction of sp³-hybridized carbons (Fsp3) is 0.0833. The van der Waals surface area contributed by atoms with Gasteiger partial charge in [0.1, 0.15) is 10.6 Å². The number of aryl methyl sites for hydroxylation is 1. The lowest BCUT2D eigenvalue weighted by molar-refractivity contribution is 0.486. The zero-order valence-electron chi connectivity index (χ0n) is 15.3. The molecule has 0 bridgehead atoms. The Morgan fingerprint density at radius 1 is 0.821 bits per heavy atom. The smallest absolute Gasteiger partial charge is 0.339 e. The van der Waals surface area contributed by atoms with Crippen molar-refractivity contribution in [3.05, 3.63) is 89.5 Å². The molecular formula is C24H18O3S. The molecule has 0 spiro atoms. The van der Waals surface area contributed by atoms with Crippen LogP contribution in [0, 0.1) is 6.92 Å². The third kappa shape index (κ3) is 2.77. The number of hydrogen-bond donors (Lipinski definition) is 0. The topological polar surface area (TPSA) is 43.4 Å². The normalized spacial score (nSPS) is 13.2. The minimum absolute atomic E-state index is 0.153. The van der Waals surface area contributed by atoms with E-state index in [0.717, 1.165) is 22.8 Å². The monoisotopic (exact) mass is 386 g/mol. The van der Waals surface area contributed by atoms with E-state index in [4.69, 9.17) is 4.18 Å². The standard InChI is InChI=1S/C24H18O3S/c1-16-5-10-20(11-6-16)28(25,26)27-19-9-14-22-18(15-19)8-13-23-21-4-2-3-17(21)7-12-24(22)23/h2-3,5-15H,4H2,1H3. The Kier molecular flexibility index (Phi) is 3.78. The Morgan fingerprint density at radius 3 is 2.39 bits per heavy atom. The maximum absolute atomic E-state index is 12.6. The van der Waals surface area contributed by atoms with Gasteiger partial charge >= 0.3 is 10.1 Å². The molecule has 1 aliphatic rings. The van der Waals surface area contributed by atoms with Gasteiger partial charge in [0.15, 0.2) is 0 Å². The second-order valence-corrected chi connectivity index (χ2v) is 8.68. The van der Waals surface area contributed by atoms with Crippen LogP contribution in [0.4, 0.5) is 0 Å². The van der Waals surface area contributed by atoms with E-state index in [9.17, 15) is 8.42 Å². The summed E-state index contributed by atoms with van der Waals surface area (Å²) in [6.07, 6.45) is 5.29. The molecule has 28 heavy (non-hydrogen) atoms. The van der Waals surface area contributed by atoms with Crippen LogP contribution in [0.5, 0.6) is 5.75 Å². The molecular weight excluding hydrogens is 368 g/mol. The Hall–Kier alpha value is -3.11. The minimum atomic E-state index is -3.86. The molecule has 0 saturated heterocycles. The molecule has 0 radical (unpaired) electrons. The number of rotatable bonds is 3. The summed E-state index contributed by atoms with van der Waals surface area (Å²) in [4.78, 5) is 0.153. The number of fused-ring (bicyclic) bond motifs is 5. The quantitative estimate of drug-likeness (QED) is 0.338. The van der Waals surface area contributed by atoms with Gasteiger partial charge in [-0.15, -0.1) is 0 Å². The van der Waals surface area contributed by atoms with Crippen LogP contribution >= 0.6 is 0 Å². The third-order valence-corrected chi connectivity index (χ3v) is 6.53. The second-order valence-electron chi connectivity index (χ2n) is 7.13. The predicted molar refractivity (Wildman–Crippen MR) is 113 cm³/mol. The minimum Gasteiger partial charge on any atom is -0.379 e. The van der Waals surface area contributed by atoms with Gasteiger partial charge in [-0.3, -0.25) is 0 Å². The lowest BCUT2D eigenvalue weighted by Gasteiger charge is -2.11. The predicted octanol–water partition coefficient (Wildman–Crippen LogP) is 5.64. The van der Waals surface area contributed by atoms with Gasteiger partial charge in [0.05, 0.1) is 0 Å². The van der Waals surface area contributed by atoms with E-state index in [1.54, 1.807) is 36.4 Å². The first-order valence-corrected chi connectivity index (χ1v) is 10.6. The zero-order chi connectivity index (χ0) is 19.3. The first-order chi connectivity index (χ1) is 13.5. The summed E-state index contributed by atoms with van der Waals surface area (Å²) >= 11 is 0.